The van der Waals surface area contributed by atoms with Crippen LogP contribution >= 0.6 is 11.8 Å². The Morgan fingerprint density at radius 3 is 3.04 bits per heavy atom. The maximum absolute atomic E-state index is 12.1. The molecule has 0 radical (unpaired) electrons. The molecule has 0 bridgehead atoms. The zero-order valence-corrected chi connectivity index (χ0v) is 14.6. The van der Waals surface area contributed by atoms with E-state index in [-0.39, 0.29) is 5.91 Å². The second-order valence-corrected chi connectivity index (χ2v) is 6.68. The molecule has 0 saturated heterocycles. The SMILES string of the molecule is COc1ccccc1CNC(=O)CSc1nnc2n1CCCCC2. The molecule has 1 aliphatic rings. The fourth-order valence-corrected chi connectivity index (χ4v) is 3.60. The summed E-state index contributed by atoms with van der Waals surface area (Å²) in [6.07, 6.45) is 4.53. The number of fused-ring (bicyclic) bond motifs is 1. The van der Waals surface area contributed by atoms with E-state index in [1.165, 1.54) is 24.6 Å². The van der Waals surface area contributed by atoms with Crippen LogP contribution in [0.15, 0.2) is 29.4 Å². The lowest BCUT2D eigenvalue weighted by atomic mass is 10.2. The summed E-state index contributed by atoms with van der Waals surface area (Å²) in [7, 11) is 1.63. The first kappa shape index (κ1) is 16.8. The lowest BCUT2D eigenvalue weighted by molar-refractivity contribution is -0.118. The van der Waals surface area contributed by atoms with Gasteiger partial charge >= 0.3 is 0 Å². The maximum Gasteiger partial charge on any atom is 0.230 e. The molecule has 1 N–H and O–H groups in total. The summed E-state index contributed by atoms with van der Waals surface area (Å²) in [6, 6.07) is 7.69. The molecule has 2 aromatic rings. The molecular formula is C17H22N4O2S. The molecule has 1 amide bonds. The van der Waals surface area contributed by atoms with Crippen LogP contribution in [0.5, 0.6) is 5.75 Å². The lowest BCUT2D eigenvalue weighted by Crippen LogP contribution is -2.25. The van der Waals surface area contributed by atoms with Crippen molar-refractivity contribution in [3.8, 4) is 5.75 Å². The molecule has 24 heavy (non-hydrogen) atoms. The van der Waals surface area contributed by atoms with Gasteiger partial charge in [-0.25, -0.2) is 0 Å². The molecule has 7 heteroatoms. The number of hydrogen-bond donors (Lipinski definition) is 1. The highest BCUT2D eigenvalue weighted by molar-refractivity contribution is 7.99. The first-order valence-electron chi connectivity index (χ1n) is 8.21. The Balaban J connectivity index is 1.52. The fraction of sp³-hybridized carbons (Fsp3) is 0.471. The molecule has 1 aromatic carbocycles. The summed E-state index contributed by atoms with van der Waals surface area (Å²) in [5, 5.41) is 12.3. The van der Waals surface area contributed by atoms with Gasteiger partial charge in [-0.3, -0.25) is 4.79 Å². The van der Waals surface area contributed by atoms with Crippen LogP contribution in [0, 0.1) is 0 Å². The molecular weight excluding hydrogens is 324 g/mol. The van der Waals surface area contributed by atoms with E-state index < -0.39 is 0 Å². The van der Waals surface area contributed by atoms with Crippen molar-refractivity contribution in [2.75, 3.05) is 12.9 Å². The zero-order chi connectivity index (χ0) is 16.8. The lowest BCUT2D eigenvalue weighted by Gasteiger charge is -2.10. The summed E-state index contributed by atoms with van der Waals surface area (Å²) in [5.74, 6) is 2.15. The van der Waals surface area contributed by atoms with Gasteiger partial charge < -0.3 is 14.6 Å². The van der Waals surface area contributed by atoms with Crippen LogP contribution in [0.2, 0.25) is 0 Å². The van der Waals surface area contributed by atoms with E-state index in [1.807, 2.05) is 24.3 Å². The van der Waals surface area contributed by atoms with Crippen molar-refractivity contribution in [3.63, 3.8) is 0 Å². The third-order valence-electron chi connectivity index (χ3n) is 4.08. The van der Waals surface area contributed by atoms with Crippen LogP contribution in [0.25, 0.3) is 0 Å². The number of carbonyl (C=O) groups is 1. The number of nitrogens with one attached hydrogen (secondary N) is 1. The number of para-hydroxylation sites is 1. The number of thioether (sulfide) groups is 1. The van der Waals surface area contributed by atoms with Gasteiger partial charge in [-0.15, -0.1) is 10.2 Å². The molecule has 0 fully saturated rings. The zero-order valence-electron chi connectivity index (χ0n) is 13.8. The Hall–Kier alpha value is -2.02. The largest absolute Gasteiger partial charge is 0.496 e. The summed E-state index contributed by atoms with van der Waals surface area (Å²) >= 11 is 1.45. The van der Waals surface area contributed by atoms with Crippen molar-refractivity contribution in [2.45, 2.75) is 43.9 Å². The first-order chi connectivity index (χ1) is 11.8. The van der Waals surface area contributed by atoms with E-state index in [0.717, 1.165) is 41.7 Å². The molecule has 0 unspecified atom stereocenters. The average molecular weight is 346 g/mol. The Morgan fingerprint density at radius 2 is 2.17 bits per heavy atom. The molecule has 1 aromatic heterocycles. The predicted octanol–water partition coefficient (Wildman–Crippen LogP) is 2.42. The van der Waals surface area contributed by atoms with Gasteiger partial charge in [0.2, 0.25) is 5.91 Å². The van der Waals surface area contributed by atoms with Crippen LogP contribution < -0.4 is 10.1 Å². The highest BCUT2D eigenvalue weighted by atomic mass is 32.2. The monoisotopic (exact) mass is 346 g/mol. The number of rotatable bonds is 6. The van der Waals surface area contributed by atoms with E-state index in [2.05, 4.69) is 20.1 Å². The second-order valence-electron chi connectivity index (χ2n) is 5.74. The average Bonchev–Trinajstić information content (AvgIpc) is 2.84. The molecule has 128 valence electrons. The minimum atomic E-state index is -0.0168. The summed E-state index contributed by atoms with van der Waals surface area (Å²) in [6.45, 7) is 1.41. The van der Waals surface area contributed by atoms with Gasteiger partial charge in [0, 0.05) is 25.1 Å². The standard InChI is InChI=1S/C17H22N4O2S/c1-23-14-8-5-4-7-13(14)11-18-16(22)12-24-17-20-19-15-9-3-2-6-10-21(15)17/h4-5,7-8H,2-3,6,9-12H2,1H3,(H,18,22). The van der Waals surface area contributed by atoms with Gasteiger partial charge in [0.05, 0.1) is 12.9 Å². The van der Waals surface area contributed by atoms with Gasteiger partial charge in [-0.05, 0) is 18.9 Å². The van der Waals surface area contributed by atoms with Crippen LogP contribution in [-0.4, -0.2) is 33.5 Å². The first-order valence-corrected chi connectivity index (χ1v) is 9.20. The van der Waals surface area contributed by atoms with Crippen molar-refractivity contribution in [1.82, 2.24) is 20.1 Å². The Morgan fingerprint density at radius 1 is 1.29 bits per heavy atom. The minimum Gasteiger partial charge on any atom is -0.496 e. The Bertz CT molecular complexity index is 702. The number of aromatic nitrogens is 3. The molecule has 0 saturated carbocycles. The van der Waals surface area contributed by atoms with E-state index >= 15 is 0 Å². The molecule has 0 atom stereocenters. The highest BCUT2D eigenvalue weighted by Gasteiger charge is 2.16. The van der Waals surface area contributed by atoms with E-state index in [4.69, 9.17) is 4.74 Å². The third kappa shape index (κ3) is 4.08. The number of methoxy groups -OCH3 is 1. The smallest absolute Gasteiger partial charge is 0.230 e. The number of hydrogen-bond acceptors (Lipinski definition) is 5. The van der Waals surface area contributed by atoms with Crippen molar-refractivity contribution in [1.29, 1.82) is 0 Å². The Labute approximate surface area is 146 Å². The topological polar surface area (TPSA) is 69.0 Å². The van der Waals surface area contributed by atoms with Crippen molar-refractivity contribution >= 4 is 17.7 Å². The highest BCUT2D eigenvalue weighted by Crippen LogP contribution is 2.22. The number of carbonyl (C=O) groups excluding carboxylic acids is 1. The van der Waals surface area contributed by atoms with Crippen LogP contribution in [0.3, 0.4) is 0 Å². The predicted molar refractivity (Wildman–Crippen MR) is 93.1 cm³/mol. The van der Waals surface area contributed by atoms with Gasteiger partial charge in [0.1, 0.15) is 11.6 Å². The fourth-order valence-electron chi connectivity index (χ4n) is 2.79. The normalized spacial score (nSPS) is 13.9. The number of benzene rings is 1. The second kappa shape index (κ2) is 8.19. The molecule has 0 aliphatic carbocycles. The van der Waals surface area contributed by atoms with E-state index in [9.17, 15) is 4.79 Å². The van der Waals surface area contributed by atoms with Crippen molar-refractivity contribution in [2.24, 2.45) is 0 Å². The van der Waals surface area contributed by atoms with Gasteiger partial charge in [0.15, 0.2) is 5.16 Å². The molecule has 1 aliphatic heterocycles. The quantitative estimate of drug-likeness (QED) is 0.814. The van der Waals surface area contributed by atoms with Gasteiger partial charge in [-0.2, -0.15) is 0 Å². The number of ether oxygens (including phenoxy) is 1. The van der Waals surface area contributed by atoms with Crippen LogP contribution in [0.1, 0.15) is 30.7 Å². The minimum absolute atomic E-state index is 0.0168. The van der Waals surface area contributed by atoms with Crippen LogP contribution in [-0.2, 0) is 24.3 Å². The van der Waals surface area contributed by atoms with E-state index in [0.29, 0.717) is 12.3 Å². The van der Waals surface area contributed by atoms with Gasteiger partial charge in [-0.1, -0.05) is 36.4 Å². The van der Waals surface area contributed by atoms with Gasteiger partial charge in [0.25, 0.3) is 0 Å². The molecule has 3 rings (SSSR count). The van der Waals surface area contributed by atoms with Crippen LogP contribution in [0.4, 0.5) is 0 Å². The summed E-state index contributed by atoms with van der Waals surface area (Å²) in [4.78, 5) is 12.1. The molecule has 0 spiro atoms. The number of nitrogens with zero attached hydrogens (tertiary/aromatic N) is 3. The number of amides is 1. The maximum atomic E-state index is 12.1. The van der Waals surface area contributed by atoms with Crippen molar-refractivity contribution < 1.29 is 9.53 Å². The third-order valence-corrected chi connectivity index (χ3v) is 5.04. The molecule has 2 heterocycles. The van der Waals surface area contributed by atoms with E-state index in [1.54, 1.807) is 7.11 Å². The summed E-state index contributed by atoms with van der Waals surface area (Å²) in [5.41, 5.74) is 0.967. The van der Waals surface area contributed by atoms with Crippen molar-refractivity contribution in [3.05, 3.63) is 35.7 Å². The number of aryl methyl sites for hydroxylation is 1. The Kier molecular flexibility index (Phi) is 5.74. The molecule has 6 nitrogen and oxygen atoms in total. The summed E-state index contributed by atoms with van der Waals surface area (Å²) < 4.78 is 7.45.